The standard InChI is InChI=1S/C17H18N2S/c1-3-13-8-9-14(20-13)11-18-17-10-12(2)19-16-7-5-4-6-15(16)17/h4-10H,3,11H2,1-2H3,(H,18,19). The zero-order valence-corrected chi connectivity index (χ0v) is 12.6. The fraction of sp³-hybridized carbons (Fsp3) is 0.235. The van der Waals surface area contributed by atoms with Crippen molar-refractivity contribution in [1.82, 2.24) is 4.98 Å². The molecule has 0 aliphatic heterocycles. The van der Waals surface area contributed by atoms with Crippen LogP contribution in [0, 0.1) is 6.92 Å². The van der Waals surface area contributed by atoms with Crippen LogP contribution in [0.5, 0.6) is 0 Å². The van der Waals surface area contributed by atoms with Crippen molar-refractivity contribution in [2.75, 3.05) is 5.32 Å². The smallest absolute Gasteiger partial charge is 0.0725 e. The first-order valence-electron chi connectivity index (χ1n) is 6.94. The van der Waals surface area contributed by atoms with Crippen molar-refractivity contribution in [2.24, 2.45) is 0 Å². The minimum atomic E-state index is 0.873. The van der Waals surface area contributed by atoms with Crippen LogP contribution in [0.15, 0.2) is 42.5 Å². The lowest BCUT2D eigenvalue weighted by Gasteiger charge is -2.09. The number of anilines is 1. The van der Waals surface area contributed by atoms with Crippen molar-refractivity contribution in [1.29, 1.82) is 0 Å². The predicted molar refractivity (Wildman–Crippen MR) is 87.5 cm³/mol. The fourth-order valence-electron chi connectivity index (χ4n) is 2.34. The van der Waals surface area contributed by atoms with Crippen LogP contribution in [-0.4, -0.2) is 4.98 Å². The molecule has 0 aliphatic carbocycles. The summed E-state index contributed by atoms with van der Waals surface area (Å²) in [6, 6.07) is 14.8. The molecular weight excluding hydrogens is 264 g/mol. The van der Waals surface area contributed by atoms with Crippen LogP contribution in [-0.2, 0) is 13.0 Å². The van der Waals surface area contributed by atoms with Crippen molar-refractivity contribution in [3.63, 3.8) is 0 Å². The second-order valence-electron chi connectivity index (χ2n) is 4.90. The highest BCUT2D eigenvalue weighted by Gasteiger charge is 2.04. The molecule has 0 spiro atoms. The second kappa shape index (κ2) is 5.63. The molecule has 2 aromatic heterocycles. The highest BCUT2D eigenvalue weighted by Crippen LogP contribution is 2.24. The number of benzene rings is 1. The molecule has 0 saturated heterocycles. The highest BCUT2D eigenvalue weighted by molar-refractivity contribution is 7.12. The highest BCUT2D eigenvalue weighted by atomic mass is 32.1. The molecule has 0 radical (unpaired) electrons. The molecule has 0 saturated carbocycles. The zero-order chi connectivity index (χ0) is 13.9. The van der Waals surface area contributed by atoms with Gasteiger partial charge in [-0.15, -0.1) is 11.3 Å². The summed E-state index contributed by atoms with van der Waals surface area (Å²) in [5, 5.41) is 4.74. The van der Waals surface area contributed by atoms with Crippen molar-refractivity contribution >= 4 is 27.9 Å². The van der Waals surface area contributed by atoms with Gasteiger partial charge in [-0.1, -0.05) is 25.1 Å². The third-order valence-corrected chi connectivity index (χ3v) is 4.59. The summed E-state index contributed by atoms with van der Waals surface area (Å²) < 4.78 is 0. The second-order valence-corrected chi connectivity index (χ2v) is 6.16. The number of fused-ring (bicyclic) bond motifs is 1. The summed E-state index contributed by atoms with van der Waals surface area (Å²) in [5.74, 6) is 0. The largest absolute Gasteiger partial charge is 0.380 e. The van der Waals surface area contributed by atoms with Crippen LogP contribution in [0.3, 0.4) is 0 Å². The quantitative estimate of drug-likeness (QED) is 0.745. The summed E-state index contributed by atoms with van der Waals surface area (Å²) >= 11 is 1.88. The maximum absolute atomic E-state index is 4.57. The third kappa shape index (κ3) is 2.68. The molecule has 2 heterocycles. The number of aryl methyl sites for hydroxylation is 2. The minimum absolute atomic E-state index is 0.873. The molecule has 0 amide bonds. The van der Waals surface area contributed by atoms with Gasteiger partial charge in [0.2, 0.25) is 0 Å². The number of rotatable bonds is 4. The molecule has 20 heavy (non-hydrogen) atoms. The molecule has 0 fully saturated rings. The van der Waals surface area contributed by atoms with Crippen molar-refractivity contribution in [3.05, 3.63) is 57.9 Å². The van der Waals surface area contributed by atoms with E-state index < -0.39 is 0 Å². The van der Waals surface area contributed by atoms with Gasteiger partial charge in [-0.3, -0.25) is 4.98 Å². The average Bonchev–Trinajstić information content (AvgIpc) is 2.92. The Labute approximate surface area is 123 Å². The molecule has 0 atom stereocenters. The minimum Gasteiger partial charge on any atom is -0.380 e. The van der Waals surface area contributed by atoms with Crippen LogP contribution in [0.2, 0.25) is 0 Å². The first-order valence-corrected chi connectivity index (χ1v) is 7.76. The van der Waals surface area contributed by atoms with Crippen molar-refractivity contribution in [2.45, 2.75) is 26.8 Å². The van der Waals surface area contributed by atoms with E-state index in [9.17, 15) is 0 Å². The summed E-state index contributed by atoms with van der Waals surface area (Å²) in [6.07, 6.45) is 1.11. The summed E-state index contributed by atoms with van der Waals surface area (Å²) in [5.41, 5.74) is 3.27. The number of para-hydroxylation sites is 1. The van der Waals surface area contributed by atoms with Crippen LogP contribution in [0.1, 0.15) is 22.4 Å². The van der Waals surface area contributed by atoms with Crippen LogP contribution < -0.4 is 5.32 Å². The van der Waals surface area contributed by atoms with Gasteiger partial charge in [0.05, 0.1) is 5.52 Å². The van der Waals surface area contributed by atoms with Gasteiger partial charge in [-0.25, -0.2) is 0 Å². The van der Waals surface area contributed by atoms with Crippen molar-refractivity contribution < 1.29 is 0 Å². The Morgan fingerprint density at radius 2 is 1.90 bits per heavy atom. The zero-order valence-electron chi connectivity index (χ0n) is 11.8. The Morgan fingerprint density at radius 3 is 2.70 bits per heavy atom. The van der Waals surface area contributed by atoms with Crippen LogP contribution >= 0.6 is 11.3 Å². The number of thiophene rings is 1. The van der Waals surface area contributed by atoms with E-state index in [1.165, 1.54) is 20.8 Å². The number of nitrogens with zero attached hydrogens (tertiary/aromatic N) is 1. The monoisotopic (exact) mass is 282 g/mol. The third-order valence-electron chi connectivity index (χ3n) is 3.36. The SMILES string of the molecule is CCc1ccc(CNc2cc(C)nc3ccccc23)s1. The fourth-order valence-corrected chi connectivity index (χ4v) is 3.24. The first-order chi connectivity index (χ1) is 9.76. The molecule has 0 aliphatic rings. The van der Waals surface area contributed by atoms with Crippen LogP contribution in [0.4, 0.5) is 5.69 Å². The summed E-state index contributed by atoms with van der Waals surface area (Å²) in [6.45, 7) is 5.11. The van der Waals surface area contributed by atoms with E-state index in [4.69, 9.17) is 0 Å². The van der Waals surface area contributed by atoms with E-state index in [-0.39, 0.29) is 0 Å². The average molecular weight is 282 g/mol. The predicted octanol–water partition coefficient (Wildman–Crippen LogP) is 4.78. The van der Waals surface area contributed by atoms with E-state index in [2.05, 4.69) is 53.6 Å². The number of hydrogen-bond donors (Lipinski definition) is 1. The van der Waals surface area contributed by atoms with Gasteiger partial charge in [0.1, 0.15) is 0 Å². The lowest BCUT2D eigenvalue weighted by atomic mass is 10.1. The van der Waals surface area contributed by atoms with E-state index in [0.717, 1.165) is 24.2 Å². The van der Waals surface area contributed by atoms with Gasteiger partial charge in [-0.05, 0) is 37.6 Å². The van der Waals surface area contributed by atoms with Gasteiger partial charge >= 0.3 is 0 Å². The topological polar surface area (TPSA) is 24.9 Å². The number of hydrogen-bond acceptors (Lipinski definition) is 3. The Bertz CT molecular complexity index is 731. The summed E-state index contributed by atoms with van der Waals surface area (Å²) in [7, 11) is 0. The maximum Gasteiger partial charge on any atom is 0.0725 e. The van der Waals surface area contributed by atoms with E-state index in [0.29, 0.717) is 0 Å². The Kier molecular flexibility index (Phi) is 3.70. The normalized spacial score (nSPS) is 10.9. The number of nitrogens with one attached hydrogen (secondary N) is 1. The summed E-state index contributed by atoms with van der Waals surface area (Å²) in [4.78, 5) is 7.39. The van der Waals surface area contributed by atoms with Gasteiger partial charge in [0, 0.05) is 33.1 Å². The van der Waals surface area contributed by atoms with Gasteiger partial charge in [-0.2, -0.15) is 0 Å². The Hall–Kier alpha value is -1.87. The molecule has 0 bridgehead atoms. The lowest BCUT2D eigenvalue weighted by Crippen LogP contribution is -1.99. The molecular formula is C17H18N2S. The van der Waals surface area contributed by atoms with Gasteiger partial charge < -0.3 is 5.32 Å². The van der Waals surface area contributed by atoms with Gasteiger partial charge in [0.15, 0.2) is 0 Å². The molecule has 1 aromatic carbocycles. The molecule has 102 valence electrons. The molecule has 2 nitrogen and oxygen atoms in total. The Morgan fingerprint density at radius 1 is 1.10 bits per heavy atom. The van der Waals surface area contributed by atoms with Gasteiger partial charge in [0.25, 0.3) is 0 Å². The van der Waals surface area contributed by atoms with E-state index >= 15 is 0 Å². The number of pyridine rings is 1. The lowest BCUT2D eigenvalue weighted by molar-refractivity contribution is 1.18. The number of aromatic nitrogens is 1. The molecule has 3 aromatic rings. The molecule has 3 rings (SSSR count). The first kappa shape index (κ1) is 13.1. The molecule has 0 unspecified atom stereocenters. The molecule has 1 N–H and O–H groups in total. The van der Waals surface area contributed by atoms with E-state index in [1.807, 2.05) is 24.3 Å². The van der Waals surface area contributed by atoms with Crippen molar-refractivity contribution in [3.8, 4) is 0 Å². The Balaban J connectivity index is 1.86. The van der Waals surface area contributed by atoms with E-state index in [1.54, 1.807) is 0 Å². The molecule has 3 heteroatoms. The van der Waals surface area contributed by atoms with Crippen LogP contribution in [0.25, 0.3) is 10.9 Å². The maximum atomic E-state index is 4.57.